The number of ether oxygens (including phenoxy) is 2. The summed E-state index contributed by atoms with van der Waals surface area (Å²) in [7, 11) is 1.43. The lowest BCUT2D eigenvalue weighted by Gasteiger charge is -2.19. The minimum atomic E-state index is -0.554. The summed E-state index contributed by atoms with van der Waals surface area (Å²) in [5, 5.41) is 22.6. The molecule has 0 aliphatic rings. The lowest BCUT2D eigenvalue weighted by molar-refractivity contribution is -0.384. The number of nitrogens with zero attached hydrogens (tertiary/aromatic N) is 4. The fourth-order valence-electron chi connectivity index (χ4n) is 3.05. The lowest BCUT2D eigenvalue weighted by atomic mass is 10.2. The van der Waals surface area contributed by atoms with Gasteiger partial charge in [0.1, 0.15) is 16.4 Å². The molecule has 0 bridgehead atoms. The number of nitro benzene ring substituents is 1. The van der Waals surface area contributed by atoms with Crippen LogP contribution < -0.4 is 15.4 Å². The average Bonchev–Trinajstić information content (AvgIpc) is 3.09. The molecule has 0 unspecified atom stereocenters. The summed E-state index contributed by atoms with van der Waals surface area (Å²) in [4.78, 5) is 26.5. The van der Waals surface area contributed by atoms with Gasteiger partial charge < -0.3 is 20.1 Å². The van der Waals surface area contributed by atoms with Gasteiger partial charge >= 0.3 is 6.09 Å². The number of alkyl carbamates (subject to hydrolysis) is 1. The van der Waals surface area contributed by atoms with Crippen molar-refractivity contribution < 1.29 is 19.2 Å². The summed E-state index contributed by atoms with van der Waals surface area (Å²) in [6, 6.07) is 5.93. The predicted molar refractivity (Wildman–Crippen MR) is 124 cm³/mol. The number of hydrogen-bond acceptors (Lipinski definition) is 8. The van der Waals surface area contributed by atoms with Crippen LogP contribution in [0.1, 0.15) is 27.2 Å². The highest BCUT2D eigenvalue weighted by atomic mass is 35.5. The molecule has 0 fully saturated rings. The summed E-state index contributed by atoms with van der Waals surface area (Å²) >= 11 is 6.10. The fraction of sp³-hybridized carbons (Fsp3) is 0.381. The van der Waals surface area contributed by atoms with Gasteiger partial charge in [-0.3, -0.25) is 10.1 Å². The maximum Gasteiger partial charge on any atom is 0.407 e. The number of halogens is 1. The second kappa shape index (κ2) is 9.90. The molecule has 2 heterocycles. The topological polar surface area (TPSA) is 133 Å². The van der Waals surface area contributed by atoms with E-state index in [1.54, 1.807) is 43.8 Å². The van der Waals surface area contributed by atoms with Gasteiger partial charge in [-0.15, -0.1) is 5.10 Å². The van der Waals surface area contributed by atoms with E-state index in [0.29, 0.717) is 41.9 Å². The van der Waals surface area contributed by atoms with E-state index in [4.69, 9.17) is 21.1 Å². The minimum Gasteiger partial charge on any atom is -0.494 e. The van der Waals surface area contributed by atoms with Crippen molar-refractivity contribution in [3.05, 3.63) is 45.7 Å². The highest BCUT2D eigenvalue weighted by Crippen LogP contribution is 2.33. The third-order valence-corrected chi connectivity index (χ3v) is 4.66. The molecule has 0 aliphatic carbocycles. The van der Waals surface area contributed by atoms with Crippen LogP contribution in [0, 0.1) is 10.1 Å². The van der Waals surface area contributed by atoms with Crippen LogP contribution in [0.5, 0.6) is 5.75 Å². The zero-order chi connectivity index (χ0) is 24.2. The van der Waals surface area contributed by atoms with Crippen LogP contribution >= 0.6 is 11.6 Å². The van der Waals surface area contributed by atoms with E-state index in [0.717, 1.165) is 0 Å². The number of pyridine rings is 1. The molecule has 1 aromatic carbocycles. The molecule has 33 heavy (non-hydrogen) atoms. The zero-order valence-electron chi connectivity index (χ0n) is 18.7. The molecule has 0 radical (unpaired) electrons. The third kappa shape index (κ3) is 6.01. The van der Waals surface area contributed by atoms with Crippen LogP contribution in [0.15, 0.2) is 30.5 Å². The quantitative estimate of drug-likeness (QED) is 0.212. The van der Waals surface area contributed by atoms with E-state index in [-0.39, 0.29) is 16.6 Å². The van der Waals surface area contributed by atoms with Gasteiger partial charge in [0.25, 0.3) is 5.69 Å². The van der Waals surface area contributed by atoms with E-state index in [1.165, 1.54) is 19.2 Å². The third-order valence-electron chi connectivity index (χ3n) is 4.45. The molecule has 2 aromatic heterocycles. The maximum absolute atomic E-state index is 11.7. The van der Waals surface area contributed by atoms with Gasteiger partial charge in [-0.1, -0.05) is 11.6 Å². The van der Waals surface area contributed by atoms with Crippen molar-refractivity contribution in [2.75, 3.05) is 25.5 Å². The Hall–Kier alpha value is -3.60. The molecule has 3 aromatic rings. The van der Waals surface area contributed by atoms with Crippen LogP contribution in [-0.2, 0) is 4.74 Å². The van der Waals surface area contributed by atoms with Crippen LogP contribution in [0.4, 0.5) is 16.3 Å². The van der Waals surface area contributed by atoms with Crippen molar-refractivity contribution in [3.63, 3.8) is 0 Å². The number of anilines is 1. The van der Waals surface area contributed by atoms with Crippen LogP contribution in [0.2, 0.25) is 5.15 Å². The Bertz CT molecular complexity index is 1170. The summed E-state index contributed by atoms with van der Waals surface area (Å²) in [5.74, 6) is 0.835. The molecule has 176 valence electrons. The molecular weight excluding hydrogens is 452 g/mol. The van der Waals surface area contributed by atoms with Crippen molar-refractivity contribution in [1.82, 2.24) is 20.1 Å². The summed E-state index contributed by atoms with van der Waals surface area (Å²) < 4.78 is 12.2. The smallest absolute Gasteiger partial charge is 0.407 e. The molecular formula is C21H25ClN6O5. The Morgan fingerprint density at radius 1 is 1.27 bits per heavy atom. The van der Waals surface area contributed by atoms with Crippen LogP contribution in [0.25, 0.3) is 16.6 Å². The number of nitro groups is 1. The number of benzene rings is 1. The Labute approximate surface area is 195 Å². The standard InChI is InChI=1S/C21H25ClN6O5/c1-21(2,3)33-20(29)24-9-5-8-23-19-14-12-25-18(22)11-16(14)27(26-19)15-7-6-13(28(30)31)10-17(15)32-4/h6-7,10-12H,5,8-9H2,1-4H3,(H,23,26)(H,24,29). The van der Waals surface area contributed by atoms with Gasteiger partial charge in [0.05, 0.1) is 29.0 Å². The molecule has 0 spiro atoms. The number of fused-ring (bicyclic) bond motifs is 1. The van der Waals surface area contributed by atoms with E-state index in [2.05, 4.69) is 20.7 Å². The Kier molecular flexibility index (Phi) is 7.22. The maximum atomic E-state index is 11.7. The van der Waals surface area contributed by atoms with Crippen molar-refractivity contribution in [2.45, 2.75) is 32.8 Å². The second-order valence-electron chi connectivity index (χ2n) is 8.11. The summed E-state index contributed by atoms with van der Waals surface area (Å²) in [6.07, 6.45) is 1.75. The van der Waals surface area contributed by atoms with Gasteiger partial charge in [0, 0.05) is 31.4 Å². The normalized spacial score (nSPS) is 11.3. The van der Waals surface area contributed by atoms with E-state index in [9.17, 15) is 14.9 Å². The predicted octanol–water partition coefficient (Wildman–Crippen LogP) is 4.32. The van der Waals surface area contributed by atoms with E-state index in [1.807, 2.05) is 0 Å². The van der Waals surface area contributed by atoms with Crippen molar-refractivity contribution in [2.24, 2.45) is 0 Å². The molecule has 3 rings (SSSR count). The highest BCUT2D eigenvalue weighted by molar-refractivity contribution is 6.30. The first-order chi connectivity index (χ1) is 15.6. The molecule has 0 aliphatic heterocycles. The molecule has 0 saturated heterocycles. The number of hydrogen-bond donors (Lipinski definition) is 2. The number of methoxy groups -OCH3 is 1. The first-order valence-corrected chi connectivity index (χ1v) is 10.5. The average molecular weight is 477 g/mol. The molecule has 0 atom stereocenters. The van der Waals surface area contributed by atoms with Gasteiger partial charge in [-0.25, -0.2) is 14.5 Å². The van der Waals surface area contributed by atoms with Crippen LogP contribution in [-0.4, -0.2) is 51.6 Å². The number of amides is 1. The summed E-state index contributed by atoms with van der Waals surface area (Å²) in [5.41, 5.74) is 0.510. The van der Waals surface area contributed by atoms with Crippen LogP contribution in [0.3, 0.4) is 0 Å². The minimum absolute atomic E-state index is 0.0948. The monoisotopic (exact) mass is 476 g/mol. The first kappa shape index (κ1) is 24.1. The Morgan fingerprint density at radius 3 is 2.70 bits per heavy atom. The Morgan fingerprint density at radius 2 is 2.03 bits per heavy atom. The molecule has 2 N–H and O–H groups in total. The van der Waals surface area contributed by atoms with Gasteiger partial charge in [0.15, 0.2) is 11.6 Å². The number of non-ortho nitro benzene ring substituents is 1. The first-order valence-electron chi connectivity index (χ1n) is 10.2. The molecule has 11 nitrogen and oxygen atoms in total. The zero-order valence-corrected chi connectivity index (χ0v) is 19.5. The van der Waals surface area contributed by atoms with Gasteiger partial charge in [-0.05, 0) is 33.3 Å². The summed E-state index contributed by atoms with van der Waals surface area (Å²) in [6.45, 7) is 6.34. The molecule has 12 heteroatoms. The van der Waals surface area contributed by atoms with Crippen molar-refractivity contribution >= 4 is 40.1 Å². The second-order valence-corrected chi connectivity index (χ2v) is 8.49. The number of aromatic nitrogens is 3. The van der Waals surface area contributed by atoms with E-state index < -0.39 is 16.6 Å². The van der Waals surface area contributed by atoms with Crippen molar-refractivity contribution in [3.8, 4) is 11.4 Å². The SMILES string of the molecule is COc1cc([N+](=O)[O-])ccc1-n1nc(NCCCNC(=O)OC(C)(C)C)c2cnc(Cl)cc21. The lowest BCUT2D eigenvalue weighted by Crippen LogP contribution is -2.33. The largest absolute Gasteiger partial charge is 0.494 e. The number of carbonyl (C=O) groups excluding carboxylic acids is 1. The van der Waals surface area contributed by atoms with E-state index >= 15 is 0 Å². The molecule has 1 amide bonds. The Balaban J connectivity index is 1.79. The highest BCUT2D eigenvalue weighted by Gasteiger charge is 2.19. The number of nitrogens with one attached hydrogen (secondary N) is 2. The molecule has 0 saturated carbocycles. The van der Waals surface area contributed by atoms with Gasteiger partial charge in [-0.2, -0.15) is 0 Å². The van der Waals surface area contributed by atoms with Crippen molar-refractivity contribution in [1.29, 1.82) is 0 Å². The fourth-order valence-corrected chi connectivity index (χ4v) is 3.21. The number of carbonyl (C=O) groups is 1. The number of rotatable bonds is 8. The van der Waals surface area contributed by atoms with Gasteiger partial charge in [0.2, 0.25) is 0 Å².